The lowest BCUT2D eigenvalue weighted by Crippen LogP contribution is -2.29. The molecule has 0 spiro atoms. The van der Waals surface area contributed by atoms with E-state index in [1.807, 2.05) is 32.3 Å². The van der Waals surface area contributed by atoms with Gasteiger partial charge in [-0.2, -0.15) is 0 Å². The second kappa shape index (κ2) is 8.19. The molecule has 10 heteroatoms. The van der Waals surface area contributed by atoms with Crippen LogP contribution < -0.4 is 10.2 Å². The van der Waals surface area contributed by atoms with Crippen molar-refractivity contribution < 1.29 is 13.2 Å². The van der Waals surface area contributed by atoms with Crippen molar-refractivity contribution in [2.45, 2.75) is 18.9 Å². The van der Waals surface area contributed by atoms with E-state index < -0.39 is 10.0 Å². The summed E-state index contributed by atoms with van der Waals surface area (Å²) in [5.74, 6) is 0.0184. The van der Waals surface area contributed by atoms with Crippen molar-refractivity contribution in [3.63, 3.8) is 0 Å². The molecule has 0 aliphatic carbocycles. The maximum atomic E-state index is 12.8. The second-order valence-corrected chi connectivity index (χ2v) is 8.96. The molecule has 1 aliphatic rings. The van der Waals surface area contributed by atoms with Gasteiger partial charge in [0.05, 0.1) is 29.8 Å². The normalized spacial score (nSPS) is 17.5. The van der Waals surface area contributed by atoms with Crippen molar-refractivity contribution in [1.82, 2.24) is 24.6 Å². The van der Waals surface area contributed by atoms with Crippen molar-refractivity contribution >= 4 is 21.9 Å². The predicted molar refractivity (Wildman–Crippen MR) is 106 cm³/mol. The molecule has 0 bridgehead atoms. The number of sulfonamides is 1. The molecule has 0 saturated carbocycles. The number of amides is 1. The molecule has 1 saturated heterocycles. The summed E-state index contributed by atoms with van der Waals surface area (Å²) in [5, 5.41) is 2.84. The lowest BCUT2D eigenvalue weighted by atomic mass is 10.00. The van der Waals surface area contributed by atoms with E-state index in [2.05, 4.69) is 20.3 Å². The van der Waals surface area contributed by atoms with Crippen LogP contribution in [0.2, 0.25) is 0 Å². The number of nitrogens with one attached hydrogen (secondary N) is 1. The summed E-state index contributed by atoms with van der Waals surface area (Å²) in [6, 6.07) is 5.49. The zero-order chi connectivity index (χ0) is 20.3. The average molecular weight is 404 g/mol. The van der Waals surface area contributed by atoms with Gasteiger partial charge in [0.15, 0.2) is 0 Å². The molecule has 2 aromatic rings. The molecule has 0 radical (unpaired) electrons. The highest BCUT2D eigenvalue weighted by Gasteiger charge is 2.33. The van der Waals surface area contributed by atoms with Crippen molar-refractivity contribution in [1.29, 1.82) is 0 Å². The Balaban J connectivity index is 1.85. The van der Waals surface area contributed by atoms with Crippen LogP contribution in [0, 0.1) is 0 Å². The monoisotopic (exact) mass is 404 g/mol. The van der Waals surface area contributed by atoms with Crippen LogP contribution in [0.1, 0.15) is 34.1 Å². The smallest absolute Gasteiger partial charge is 0.255 e. The van der Waals surface area contributed by atoms with Gasteiger partial charge in [0.2, 0.25) is 16.0 Å². The summed E-state index contributed by atoms with van der Waals surface area (Å²) in [6.07, 6.45) is 4.98. The van der Waals surface area contributed by atoms with Crippen LogP contribution in [0.3, 0.4) is 0 Å². The number of carbonyl (C=O) groups is 1. The fourth-order valence-corrected chi connectivity index (χ4v) is 4.00. The number of hydrogen-bond acceptors (Lipinski definition) is 7. The summed E-state index contributed by atoms with van der Waals surface area (Å²) in [4.78, 5) is 27.6. The molecular formula is C18H24N6O3S. The Morgan fingerprint density at radius 3 is 2.71 bits per heavy atom. The number of hydrogen-bond donors (Lipinski definition) is 1. The summed E-state index contributed by atoms with van der Waals surface area (Å²) < 4.78 is 25.1. The number of pyridine rings is 1. The van der Waals surface area contributed by atoms with Crippen LogP contribution >= 0.6 is 0 Å². The van der Waals surface area contributed by atoms with Crippen LogP contribution in [-0.2, 0) is 16.6 Å². The van der Waals surface area contributed by atoms with E-state index in [1.54, 1.807) is 11.1 Å². The first kappa shape index (κ1) is 20.2. The summed E-state index contributed by atoms with van der Waals surface area (Å²) in [5.41, 5.74) is 1.68. The molecule has 1 atom stereocenters. The van der Waals surface area contributed by atoms with E-state index in [-0.39, 0.29) is 18.4 Å². The molecule has 3 heterocycles. The Labute approximate surface area is 164 Å². The number of anilines is 1. The number of nitrogens with zero attached hydrogens (tertiary/aromatic N) is 5. The van der Waals surface area contributed by atoms with Gasteiger partial charge in [0, 0.05) is 45.5 Å². The van der Waals surface area contributed by atoms with Gasteiger partial charge in [-0.3, -0.25) is 9.78 Å². The third-order valence-electron chi connectivity index (χ3n) is 4.61. The number of rotatable bonds is 6. The van der Waals surface area contributed by atoms with Crippen molar-refractivity contribution in [3.05, 3.63) is 47.5 Å². The highest BCUT2D eigenvalue weighted by atomic mass is 32.2. The standard InChI is InChI=1S/C18H24N6O3S/c1-23(2)18-21-11-15(17(25)20-10-14-6-4-5-8-19-14)16(22-18)13-7-9-24(12-13)28(3,26)27/h4-6,8,11,13H,7,9-10,12H2,1-3H3,(H,20,25). The maximum Gasteiger partial charge on any atom is 0.255 e. The van der Waals surface area contributed by atoms with Gasteiger partial charge < -0.3 is 10.2 Å². The van der Waals surface area contributed by atoms with Crippen LogP contribution in [-0.4, -0.2) is 67.0 Å². The zero-order valence-electron chi connectivity index (χ0n) is 16.2. The minimum absolute atomic E-state index is 0.160. The van der Waals surface area contributed by atoms with Gasteiger partial charge >= 0.3 is 0 Å². The molecule has 150 valence electrons. The molecular weight excluding hydrogens is 380 g/mol. The van der Waals surface area contributed by atoms with Crippen LogP contribution in [0.4, 0.5) is 5.95 Å². The van der Waals surface area contributed by atoms with Crippen LogP contribution in [0.25, 0.3) is 0 Å². The van der Waals surface area contributed by atoms with Gasteiger partial charge in [0.1, 0.15) is 0 Å². The molecule has 1 aliphatic heterocycles. The lowest BCUT2D eigenvalue weighted by Gasteiger charge is -2.18. The zero-order valence-corrected chi connectivity index (χ0v) is 17.0. The maximum absolute atomic E-state index is 12.8. The van der Waals surface area contributed by atoms with Crippen molar-refractivity contribution in [2.24, 2.45) is 0 Å². The summed E-state index contributed by atoms with van der Waals surface area (Å²) in [6.45, 7) is 1.01. The van der Waals surface area contributed by atoms with Gasteiger partial charge in [-0.05, 0) is 18.6 Å². The first-order valence-electron chi connectivity index (χ1n) is 8.93. The molecule has 3 rings (SSSR count). The van der Waals surface area contributed by atoms with Crippen molar-refractivity contribution in [3.8, 4) is 0 Å². The highest BCUT2D eigenvalue weighted by molar-refractivity contribution is 7.88. The Morgan fingerprint density at radius 2 is 2.11 bits per heavy atom. The predicted octanol–water partition coefficient (Wildman–Crippen LogP) is 0.617. The van der Waals surface area contributed by atoms with E-state index >= 15 is 0 Å². The van der Waals surface area contributed by atoms with Gasteiger partial charge in [-0.1, -0.05) is 6.07 Å². The quantitative estimate of drug-likeness (QED) is 0.752. The molecule has 28 heavy (non-hydrogen) atoms. The van der Waals surface area contributed by atoms with Crippen LogP contribution in [0.15, 0.2) is 30.6 Å². The third-order valence-corrected chi connectivity index (χ3v) is 5.88. The summed E-state index contributed by atoms with van der Waals surface area (Å²) in [7, 11) is 0.355. The Kier molecular flexibility index (Phi) is 5.90. The average Bonchev–Trinajstić information content (AvgIpc) is 3.17. The minimum atomic E-state index is -3.28. The fraction of sp³-hybridized carbons (Fsp3) is 0.444. The Bertz CT molecular complexity index is 949. The van der Waals surface area contributed by atoms with Crippen molar-refractivity contribution in [2.75, 3.05) is 38.3 Å². The topological polar surface area (TPSA) is 108 Å². The van der Waals surface area contributed by atoms with Crippen LogP contribution in [0.5, 0.6) is 0 Å². The second-order valence-electron chi connectivity index (χ2n) is 6.97. The van der Waals surface area contributed by atoms with E-state index in [0.717, 1.165) is 5.69 Å². The highest BCUT2D eigenvalue weighted by Crippen LogP contribution is 2.30. The Hall–Kier alpha value is -2.59. The van der Waals surface area contributed by atoms with Gasteiger partial charge in [-0.15, -0.1) is 0 Å². The van der Waals surface area contributed by atoms with E-state index in [4.69, 9.17) is 0 Å². The SMILES string of the molecule is CN(C)c1ncc(C(=O)NCc2ccccn2)c(C2CCN(S(C)(=O)=O)C2)n1. The Morgan fingerprint density at radius 1 is 1.32 bits per heavy atom. The molecule has 1 N–H and O–H groups in total. The molecule has 0 aromatic carbocycles. The molecule has 9 nitrogen and oxygen atoms in total. The largest absolute Gasteiger partial charge is 0.347 e. The molecule has 1 amide bonds. The number of carbonyl (C=O) groups excluding carboxylic acids is 1. The number of aromatic nitrogens is 3. The van der Waals surface area contributed by atoms with Gasteiger partial charge in [0.25, 0.3) is 5.91 Å². The van der Waals surface area contributed by atoms with E-state index in [9.17, 15) is 13.2 Å². The molecule has 1 fully saturated rings. The lowest BCUT2D eigenvalue weighted by molar-refractivity contribution is 0.0948. The summed E-state index contributed by atoms with van der Waals surface area (Å²) >= 11 is 0. The minimum Gasteiger partial charge on any atom is -0.347 e. The molecule has 2 aromatic heterocycles. The fourth-order valence-electron chi connectivity index (χ4n) is 3.11. The molecule has 1 unspecified atom stereocenters. The first-order chi connectivity index (χ1) is 13.3. The van der Waals surface area contributed by atoms with E-state index in [1.165, 1.54) is 16.8 Å². The third kappa shape index (κ3) is 4.63. The first-order valence-corrected chi connectivity index (χ1v) is 10.8. The van der Waals surface area contributed by atoms with E-state index in [0.29, 0.717) is 36.7 Å². The van der Waals surface area contributed by atoms with Gasteiger partial charge in [-0.25, -0.2) is 22.7 Å².